The fourth-order valence-corrected chi connectivity index (χ4v) is 3.67. The number of aromatic amines is 1. The smallest absolute Gasteiger partial charge is 0.324 e. The molecule has 0 aliphatic carbocycles. The number of H-pyrrole nitrogens is 1. The van der Waals surface area contributed by atoms with E-state index in [1.807, 2.05) is 5.10 Å². The quantitative estimate of drug-likeness (QED) is 0.667. The lowest BCUT2D eigenvalue weighted by Crippen LogP contribution is -2.20. The molecule has 27 heavy (non-hydrogen) atoms. The molecule has 5 nitrogen and oxygen atoms in total. The Bertz CT molecular complexity index is 927. The molecule has 1 atom stereocenters. The minimum atomic E-state index is -5.21. The van der Waals surface area contributed by atoms with Crippen LogP contribution in [0.25, 0.3) is 0 Å². The molecule has 1 aromatic heterocycles. The van der Waals surface area contributed by atoms with Crippen molar-refractivity contribution in [3.05, 3.63) is 33.4 Å². The zero-order chi connectivity index (χ0) is 20.7. The number of hydrogen-bond donors (Lipinski definition) is 1. The number of alkyl halides is 6. The summed E-state index contributed by atoms with van der Waals surface area (Å²) in [6, 6.07) is 2.43. The van der Waals surface area contributed by atoms with Crippen LogP contribution in [0.3, 0.4) is 0 Å². The second kappa shape index (κ2) is 7.21. The normalized spacial score (nSPS) is 13.3. The summed E-state index contributed by atoms with van der Waals surface area (Å²) in [6.45, 7) is 0. The Kier molecular flexibility index (Phi) is 5.70. The van der Waals surface area contributed by atoms with Gasteiger partial charge in [0.2, 0.25) is 0 Å². The third-order valence-electron chi connectivity index (χ3n) is 3.21. The van der Waals surface area contributed by atoms with Crippen molar-refractivity contribution in [2.45, 2.75) is 16.6 Å². The summed E-state index contributed by atoms with van der Waals surface area (Å²) in [6.07, 6.45) is -4.76. The van der Waals surface area contributed by atoms with Crippen molar-refractivity contribution in [1.29, 1.82) is 5.26 Å². The number of aromatic nitrogens is 2. The van der Waals surface area contributed by atoms with Crippen molar-refractivity contribution < 1.29 is 30.6 Å². The second-order valence-corrected chi connectivity index (χ2v) is 7.15. The van der Waals surface area contributed by atoms with E-state index >= 15 is 0 Å². The van der Waals surface area contributed by atoms with Crippen molar-refractivity contribution in [1.82, 2.24) is 10.2 Å². The van der Waals surface area contributed by atoms with E-state index in [9.17, 15) is 30.6 Å². The molecule has 0 saturated heterocycles. The van der Waals surface area contributed by atoms with E-state index in [1.165, 1.54) is 6.07 Å². The second-order valence-electron chi connectivity index (χ2n) is 4.92. The average molecular weight is 451 g/mol. The van der Waals surface area contributed by atoms with Crippen LogP contribution in [-0.2, 0) is 17.0 Å². The van der Waals surface area contributed by atoms with E-state index in [4.69, 9.17) is 28.5 Å². The molecule has 0 fully saturated rings. The van der Waals surface area contributed by atoms with E-state index in [0.717, 1.165) is 11.9 Å². The Labute approximate surface area is 159 Å². The van der Waals surface area contributed by atoms with Gasteiger partial charge in [0.25, 0.3) is 0 Å². The summed E-state index contributed by atoms with van der Waals surface area (Å²) < 4.78 is 88.8. The van der Waals surface area contributed by atoms with Crippen LogP contribution < -0.4 is 4.90 Å². The summed E-state index contributed by atoms with van der Waals surface area (Å²) in [7, 11) is -2.55. The molecule has 2 rings (SSSR count). The Morgan fingerprint density at radius 1 is 1.19 bits per heavy atom. The highest BCUT2D eigenvalue weighted by Gasteiger charge is 2.43. The molecular formula is C13H6Cl2F6N4OS. The van der Waals surface area contributed by atoms with Gasteiger partial charge >= 0.3 is 11.7 Å². The summed E-state index contributed by atoms with van der Waals surface area (Å²) in [5.41, 5.74) is -7.43. The largest absolute Gasteiger partial charge is 0.476 e. The van der Waals surface area contributed by atoms with E-state index in [0.29, 0.717) is 12.1 Å². The Morgan fingerprint density at radius 3 is 2.11 bits per heavy atom. The predicted octanol–water partition coefficient (Wildman–Crippen LogP) is 5.00. The van der Waals surface area contributed by atoms with Gasteiger partial charge in [-0.25, -0.2) is 4.21 Å². The van der Waals surface area contributed by atoms with Gasteiger partial charge in [-0.2, -0.15) is 36.7 Å². The van der Waals surface area contributed by atoms with E-state index < -0.39 is 54.5 Å². The van der Waals surface area contributed by atoms with Crippen LogP contribution in [0, 0.1) is 11.3 Å². The van der Waals surface area contributed by atoms with Crippen LogP contribution in [-0.4, -0.2) is 27.0 Å². The third kappa shape index (κ3) is 4.15. The zero-order valence-electron chi connectivity index (χ0n) is 12.8. The molecular weight excluding hydrogens is 445 g/mol. The van der Waals surface area contributed by atoms with Gasteiger partial charge in [0, 0.05) is 7.05 Å². The molecule has 2 aromatic rings. The van der Waals surface area contributed by atoms with E-state index in [2.05, 4.69) is 5.10 Å². The fraction of sp³-hybridized carbons (Fsp3) is 0.231. The minimum absolute atomic E-state index is 0.317. The zero-order valence-corrected chi connectivity index (χ0v) is 15.2. The number of hydrogen-bond acceptors (Lipinski definition) is 4. The molecule has 0 amide bonds. The first kappa shape index (κ1) is 21.3. The molecule has 1 aromatic carbocycles. The fourth-order valence-electron chi connectivity index (χ4n) is 2.07. The van der Waals surface area contributed by atoms with Crippen LogP contribution in [0.4, 0.5) is 37.8 Å². The molecule has 0 radical (unpaired) electrons. The first-order valence-corrected chi connectivity index (χ1v) is 8.46. The van der Waals surface area contributed by atoms with E-state index in [1.54, 1.807) is 0 Å². The summed E-state index contributed by atoms with van der Waals surface area (Å²) in [5, 5.41) is 13.3. The first-order valence-electron chi connectivity index (χ1n) is 6.56. The molecule has 1 N–H and O–H groups in total. The van der Waals surface area contributed by atoms with Gasteiger partial charge in [-0.1, -0.05) is 23.2 Å². The van der Waals surface area contributed by atoms with Crippen molar-refractivity contribution in [2.24, 2.45) is 0 Å². The Balaban J connectivity index is 2.64. The topological polar surface area (TPSA) is 72.8 Å². The van der Waals surface area contributed by atoms with Crippen molar-refractivity contribution >= 4 is 45.5 Å². The van der Waals surface area contributed by atoms with Gasteiger partial charge in [0.05, 0.1) is 21.3 Å². The predicted molar refractivity (Wildman–Crippen MR) is 85.3 cm³/mol. The van der Waals surface area contributed by atoms with Gasteiger partial charge in [0.1, 0.15) is 11.0 Å². The van der Waals surface area contributed by atoms with Crippen molar-refractivity contribution in [2.75, 3.05) is 11.9 Å². The molecule has 0 saturated carbocycles. The molecule has 0 aliphatic rings. The molecule has 0 aliphatic heterocycles. The molecule has 1 unspecified atom stereocenters. The summed E-state index contributed by atoms with van der Waals surface area (Å²) >= 11 is 11.6. The molecule has 0 bridgehead atoms. The van der Waals surface area contributed by atoms with Crippen LogP contribution in [0.2, 0.25) is 10.0 Å². The number of benzene rings is 1. The lowest BCUT2D eigenvalue weighted by Gasteiger charge is -2.22. The van der Waals surface area contributed by atoms with Gasteiger partial charge in [-0.15, -0.1) is 0 Å². The maximum absolute atomic E-state index is 12.9. The lowest BCUT2D eigenvalue weighted by atomic mass is 10.2. The number of rotatable bonds is 3. The highest BCUT2D eigenvalue weighted by atomic mass is 35.5. The number of nitriles is 1. The molecule has 0 spiro atoms. The van der Waals surface area contributed by atoms with Crippen LogP contribution in [0.15, 0.2) is 17.0 Å². The van der Waals surface area contributed by atoms with Gasteiger partial charge < -0.3 is 4.90 Å². The standard InChI is InChI=1S/C13H6Cl2F6N4OS/c1-25(9-6(14)2-5(3-7(9)15)12(16,17)18)11-10(8(4-22)23-24-11)27(26)13(19,20)21/h2-3H,1H3,(H,23,24). The van der Waals surface area contributed by atoms with Gasteiger partial charge in [-0.05, 0) is 12.1 Å². The maximum Gasteiger partial charge on any atom is 0.476 e. The van der Waals surface area contributed by atoms with E-state index in [-0.39, 0.29) is 5.69 Å². The number of anilines is 2. The Morgan fingerprint density at radius 2 is 1.70 bits per heavy atom. The molecule has 1 heterocycles. The molecule has 146 valence electrons. The maximum atomic E-state index is 12.9. The van der Waals surface area contributed by atoms with Gasteiger partial charge in [0.15, 0.2) is 22.3 Å². The Hall–Kier alpha value is -1.97. The number of nitrogens with zero attached hydrogens (tertiary/aromatic N) is 3. The summed E-state index contributed by atoms with van der Waals surface area (Å²) in [4.78, 5) is -0.194. The van der Waals surface area contributed by atoms with Crippen molar-refractivity contribution in [3.63, 3.8) is 0 Å². The van der Waals surface area contributed by atoms with Crippen LogP contribution in [0.5, 0.6) is 0 Å². The highest BCUT2D eigenvalue weighted by Crippen LogP contribution is 2.43. The molecule has 14 heteroatoms. The monoisotopic (exact) mass is 450 g/mol. The average Bonchev–Trinajstić information content (AvgIpc) is 2.95. The van der Waals surface area contributed by atoms with Crippen molar-refractivity contribution in [3.8, 4) is 6.07 Å². The van der Waals surface area contributed by atoms with Gasteiger partial charge in [-0.3, -0.25) is 5.10 Å². The van der Waals surface area contributed by atoms with Crippen LogP contribution >= 0.6 is 23.2 Å². The first-order chi connectivity index (χ1) is 12.3. The number of nitrogens with one attached hydrogen (secondary N) is 1. The lowest BCUT2D eigenvalue weighted by molar-refractivity contribution is -0.137. The highest BCUT2D eigenvalue weighted by molar-refractivity contribution is 7.86. The van der Waals surface area contributed by atoms with Crippen LogP contribution in [0.1, 0.15) is 11.3 Å². The SMILES string of the molecule is CN(c1n[nH]c(C#N)c1S(=O)C(F)(F)F)c1c(Cl)cc(C(F)(F)F)cc1Cl. The third-order valence-corrected chi connectivity index (χ3v) is 4.96. The number of halogens is 8. The summed E-state index contributed by atoms with van der Waals surface area (Å²) in [5.74, 6) is -0.634. The minimum Gasteiger partial charge on any atom is -0.324 e.